The van der Waals surface area contributed by atoms with Crippen molar-refractivity contribution >= 4 is 43.2 Å². The van der Waals surface area contributed by atoms with Crippen LogP contribution in [0.3, 0.4) is 0 Å². The normalized spacial score (nSPS) is 12.9. The molecule has 1 atom stereocenters. The topological polar surface area (TPSA) is 68.2 Å². The Morgan fingerprint density at radius 1 is 1.03 bits per heavy atom. The predicted molar refractivity (Wildman–Crippen MR) is 131 cm³/mol. The lowest BCUT2D eigenvalue weighted by Gasteiger charge is -2.17. The fourth-order valence-electron chi connectivity index (χ4n) is 3.73. The van der Waals surface area contributed by atoms with Crippen molar-refractivity contribution in [1.82, 2.24) is 9.29 Å². The van der Waals surface area contributed by atoms with Gasteiger partial charge in [-0.3, -0.25) is 9.36 Å². The lowest BCUT2D eigenvalue weighted by molar-refractivity contribution is 0.566. The first-order valence-corrected chi connectivity index (χ1v) is 12.8. The maximum atomic E-state index is 13.1. The summed E-state index contributed by atoms with van der Waals surface area (Å²) in [5.41, 5.74) is 4.69. The SMILES string of the molecule is Cc1ccc(C)c([C@H](C)NS(=O)(=O)c2ccc3c(c2)sc(=O)n3Cc2ccc(Cl)cc2)c1. The van der Waals surface area contributed by atoms with Crippen LogP contribution < -0.4 is 9.60 Å². The van der Waals surface area contributed by atoms with Gasteiger partial charge in [0, 0.05) is 11.1 Å². The Hall–Kier alpha value is -2.45. The van der Waals surface area contributed by atoms with E-state index < -0.39 is 10.0 Å². The quantitative estimate of drug-likeness (QED) is 0.395. The van der Waals surface area contributed by atoms with E-state index in [1.165, 1.54) is 0 Å². The Kier molecular flexibility index (Phi) is 6.27. The molecule has 8 heteroatoms. The maximum Gasteiger partial charge on any atom is 0.308 e. The smallest absolute Gasteiger partial charge is 0.294 e. The summed E-state index contributed by atoms with van der Waals surface area (Å²) in [6.07, 6.45) is 0. The van der Waals surface area contributed by atoms with Crippen LogP contribution in [0.25, 0.3) is 10.2 Å². The predicted octanol–water partition coefficient (Wildman–Crippen LogP) is 5.42. The van der Waals surface area contributed by atoms with E-state index in [4.69, 9.17) is 11.6 Å². The van der Waals surface area contributed by atoms with Crippen molar-refractivity contribution in [3.05, 3.63) is 97.6 Å². The van der Waals surface area contributed by atoms with Gasteiger partial charge in [0.15, 0.2) is 0 Å². The van der Waals surface area contributed by atoms with Crippen molar-refractivity contribution in [2.24, 2.45) is 0 Å². The monoisotopic (exact) mass is 486 g/mol. The molecule has 0 saturated carbocycles. The van der Waals surface area contributed by atoms with Crippen LogP contribution in [0.15, 0.2) is 70.4 Å². The summed E-state index contributed by atoms with van der Waals surface area (Å²) < 4.78 is 31.2. The molecule has 5 nitrogen and oxygen atoms in total. The van der Waals surface area contributed by atoms with E-state index in [9.17, 15) is 13.2 Å². The standard InChI is InChI=1S/C24H23ClN2O3S2/c1-15-4-5-16(2)21(12-15)17(3)26-32(29,30)20-10-11-22-23(13-20)31-24(28)27(22)14-18-6-8-19(25)9-7-18/h4-13,17,26H,14H2,1-3H3/t17-/m0/s1. The summed E-state index contributed by atoms with van der Waals surface area (Å²) in [6, 6.07) is 17.7. The van der Waals surface area contributed by atoms with Crippen LogP contribution in [-0.4, -0.2) is 13.0 Å². The van der Waals surface area contributed by atoms with Crippen LogP contribution in [0.4, 0.5) is 0 Å². The molecular formula is C24H23ClN2O3S2. The van der Waals surface area contributed by atoms with Gasteiger partial charge in [-0.05, 0) is 67.8 Å². The molecule has 0 amide bonds. The first-order valence-electron chi connectivity index (χ1n) is 10.1. The van der Waals surface area contributed by atoms with Gasteiger partial charge in [0.2, 0.25) is 10.0 Å². The second-order valence-electron chi connectivity index (χ2n) is 7.91. The van der Waals surface area contributed by atoms with Gasteiger partial charge in [-0.1, -0.05) is 58.8 Å². The highest BCUT2D eigenvalue weighted by Gasteiger charge is 2.21. The Morgan fingerprint density at radius 3 is 2.47 bits per heavy atom. The number of nitrogens with one attached hydrogen (secondary N) is 1. The highest BCUT2D eigenvalue weighted by molar-refractivity contribution is 7.89. The largest absolute Gasteiger partial charge is 0.308 e. The lowest BCUT2D eigenvalue weighted by atomic mass is 10.0. The van der Waals surface area contributed by atoms with Crippen molar-refractivity contribution in [1.29, 1.82) is 0 Å². The zero-order valence-corrected chi connectivity index (χ0v) is 20.3. The summed E-state index contributed by atoms with van der Waals surface area (Å²) in [6.45, 7) is 6.17. The summed E-state index contributed by atoms with van der Waals surface area (Å²) in [5, 5.41) is 0.633. The van der Waals surface area contributed by atoms with Crippen LogP contribution in [-0.2, 0) is 16.6 Å². The molecule has 0 fully saturated rings. The minimum Gasteiger partial charge on any atom is -0.294 e. The maximum absolute atomic E-state index is 13.1. The van der Waals surface area contributed by atoms with E-state index in [-0.39, 0.29) is 15.8 Å². The van der Waals surface area contributed by atoms with Crippen molar-refractivity contribution in [2.75, 3.05) is 0 Å². The van der Waals surface area contributed by atoms with Gasteiger partial charge in [0.1, 0.15) is 0 Å². The average molecular weight is 487 g/mol. The number of halogens is 1. The summed E-state index contributed by atoms with van der Waals surface area (Å²) in [5.74, 6) is 0. The molecular weight excluding hydrogens is 464 g/mol. The Bertz CT molecular complexity index is 1460. The minimum absolute atomic E-state index is 0.138. The molecule has 1 N–H and O–H groups in total. The van der Waals surface area contributed by atoms with Gasteiger partial charge in [0.05, 0.1) is 21.7 Å². The van der Waals surface area contributed by atoms with Crippen molar-refractivity contribution < 1.29 is 8.42 Å². The molecule has 0 bridgehead atoms. The Morgan fingerprint density at radius 2 is 1.75 bits per heavy atom. The fraction of sp³-hybridized carbons (Fsp3) is 0.208. The van der Waals surface area contributed by atoms with Gasteiger partial charge in [0.25, 0.3) is 0 Å². The molecule has 0 spiro atoms. The zero-order valence-electron chi connectivity index (χ0n) is 17.9. The molecule has 0 aliphatic carbocycles. The van der Waals surface area contributed by atoms with Crippen LogP contribution in [0.1, 0.15) is 35.2 Å². The number of thiazole rings is 1. The minimum atomic E-state index is -3.77. The zero-order chi connectivity index (χ0) is 23.0. The summed E-state index contributed by atoms with van der Waals surface area (Å²) in [4.78, 5) is 12.6. The number of aromatic nitrogens is 1. The molecule has 0 unspecified atom stereocenters. The number of hydrogen-bond acceptors (Lipinski definition) is 4. The fourth-order valence-corrected chi connectivity index (χ4v) is 6.11. The number of nitrogens with zero attached hydrogens (tertiary/aromatic N) is 1. The highest BCUT2D eigenvalue weighted by Crippen LogP contribution is 2.25. The second-order valence-corrected chi connectivity index (χ2v) is 11.1. The van der Waals surface area contributed by atoms with Gasteiger partial charge < -0.3 is 0 Å². The van der Waals surface area contributed by atoms with E-state index >= 15 is 0 Å². The molecule has 1 aromatic heterocycles. The van der Waals surface area contributed by atoms with E-state index in [2.05, 4.69) is 4.72 Å². The third kappa shape index (κ3) is 4.66. The highest BCUT2D eigenvalue weighted by atomic mass is 35.5. The van der Waals surface area contributed by atoms with E-state index in [1.54, 1.807) is 34.9 Å². The number of aryl methyl sites for hydroxylation is 2. The third-order valence-electron chi connectivity index (χ3n) is 5.44. The van der Waals surface area contributed by atoms with Crippen molar-refractivity contribution in [3.8, 4) is 0 Å². The number of sulfonamides is 1. The Balaban J connectivity index is 1.64. The van der Waals surface area contributed by atoms with E-state index in [0.29, 0.717) is 21.8 Å². The number of fused-ring (bicyclic) bond motifs is 1. The van der Waals surface area contributed by atoms with E-state index in [1.807, 2.05) is 51.1 Å². The molecule has 1 heterocycles. The van der Waals surface area contributed by atoms with E-state index in [0.717, 1.165) is 33.6 Å². The van der Waals surface area contributed by atoms with Crippen LogP contribution in [0.5, 0.6) is 0 Å². The van der Waals surface area contributed by atoms with Gasteiger partial charge in [-0.25, -0.2) is 13.1 Å². The molecule has 0 saturated heterocycles. The third-order valence-corrected chi connectivity index (χ3v) is 8.17. The molecule has 0 radical (unpaired) electrons. The molecule has 0 aliphatic heterocycles. The summed E-state index contributed by atoms with van der Waals surface area (Å²) in [7, 11) is -3.77. The van der Waals surface area contributed by atoms with Crippen molar-refractivity contribution in [3.63, 3.8) is 0 Å². The number of benzene rings is 3. The second kappa shape index (κ2) is 8.83. The number of hydrogen-bond donors (Lipinski definition) is 1. The van der Waals surface area contributed by atoms with Crippen molar-refractivity contribution in [2.45, 2.75) is 38.3 Å². The number of rotatable bonds is 6. The molecule has 32 heavy (non-hydrogen) atoms. The summed E-state index contributed by atoms with van der Waals surface area (Å²) >= 11 is 6.98. The van der Waals surface area contributed by atoms with Crippen LogP contribution >= 0.6 is 22.9 Å². The first kappa shape index (κ1) is 22.7. The van der Waals surface area contributed by atoms with Gasteiger partial charge in [-0.15, -0.1) is 0 Å². The average Bonchev–Trinajstić information content (AvgIpc) is 3.05. The molecule has 0 aliphatic rings. The molecule has 166 valence electrons. The van der Waals surface area contributed by atoms with Gasteiger partial charge >= 0.3 is 4.87 Å². The molecule has 4 rings (SSSR count). The van der Waals surface area contributed by atoms with Crippen LogP contribution in [0.2, 0.25) is 5.02 Å². The first-order chi connectivity index (χ1) is 15.1. The Labute approximate surface area is 196 Å². The molecule has 4 aromatic rings. The van der Waals surface area contributed by atoms with Crippen LogP contribution in [0, 0.1) is 13.8 Å². The molecule has 3 aromatic carbocycles. The van der Waals surface area contributed by atoms with Gasteiger partial charge in [-0.2, -0.15) is 0 Å². The lowest BCUT2D eigenvalue weighted by Crippen LogP contribution is -2.27.